The van der Waals surface area contributed by atoms with Crippen molar-refractivity contribution in [3.8, 4) is 0 Å². The lowest BCUT2D eigenvalue weighted by molar-refractivity contribution is -0.137. The Kier molecular flexibility index (Phi) is 6.48. The number of nitrogens with one attached hydrogen (secondary N) is 2. The maximum atomic E-state index is 12.8. The molecule has 1 aliphatic rings. The van der Waals surface area contributed by atoms with Crippen LogP contribution in [0.4, 0.5) is 24.7 Å². The fourth-order valence-corrected chi connectivity index (χ4v) is 2.81. The second-order valence-electron chi connectivity index (χ2n) is 6.34. The monoisotopic (exact) mass is 394 g/mol. The number of carbonyl (C=O) groups is 1. The summed E-state index contributed by atoms with van der Waals surface area (Å²) in [5.41, 5.74) is -0.426. The van der Waals surface area contributed by atoms with E-state index < -0.39 is 17.6 Å². The van der Waals surface area contributed by atoms with Crippen LogP contribution in [-0.2, 0) is 10.9 Å². The highest BCUT2D eigenvalue weighted by Gasteiger charge is 2.30. The first-order valence-electron chi connectivity index (χ1n) is 8.90. The Morgan fingerprint density at radius 3 is 2.71 bits per heavy atom. The third-order valence-electron chi connectivity index (χ3n) is 4.31. The summed E-state index contributed by atoms with van der Waals surface area (Å²) < 4.78 is 43.7. The predicted octanol–water partition coefficient (Wildman–Crippen LogP) is 3.10. The Balaban J connectivity index is 1.57. The second-order valence-corrected chi connectivity index (χ2v) is 6.34. The highest BCUT2D eigenvalue weighted by atomic mass is 19.4. The fraction of sp³-hybridized carbons (Fsp3) is 0.368. The fourth-order valence-electron chi connectivity index (χ4n) is 2.81. The Morgan fingerprint density at radius 2 is 1.96 bits per heavy atom. The lowest BCUT2D eigenvalue weighted by Crippen LogP contribution is -2.39. The average molecular weight is 394 g/mol. The van der Waals surface area contributed by atoms with Gasteiger partial charge in [0.15, 0.2) is 0 Å². The van der Waals surface area contributed by atoms with Crippen molar-refractivity contribution in [1.82, 2.24) is 9.88 Å². The maximum Gasteiger partial charge on any atom is 0.416 e. The number of pyridine rings is 1. The molecule has 0 atom stereocenters. The normalized spacial score (nSPS) is 15.2. The van der Waals surface area contributed by atoms with Gasteiger partial charge in [-0.3, -0.25) is 9.69 Å². The van der Waals surface area contributed by atoms with Crippen LogP contribution in [0.1, 0.15) is 15.9 Å². The van der Waals surface area contributed by atoms with E-state index in [1.165, 1.54) is 24.4 Å². The number of anilines is 2. The molecule has 1 amide bonds. The van der Waals surface area contributed by atoms with E-state index in [2.05, 4.69) is 20.5 Å². The van der Waals surface area contributed by atoms with Gasteiger partial charge in [-0.2, -0.15) is 13.2 Å². The molecule has 1 aliphatic heterocycles. The molecule has 150 valence electrons. The summed E-state index contributed by atoms with van der Waals surface area (Å²) in [4.78, 5) is 18.8. The second kappa shape index (κ2) is 9.03. The lowest BCUT2D eigenvalue weighted by Gasteiger charge is -2.26. The molecule has 6 nitrogen and oxygen atoms in total. The lowest BCUT2D eigenvalue weighted by atomic mass is 10.2. The summed E-state index contributed by atoms with van der Waals surface area (Å²) in [7, 11) is 0. The Hall–Kier alpha value is -2.65. The molecular weight excluding hydrogens is 373 g/mol. The number of hydrogen-bond donors (Lipinski definition) is 2. The van der Waals surface area contributed by atoms with Gasteiger partial charge in [-0.25, -0.2) is 4.98 Å². The number of aromatic nitrogens is 1. The van der Waals surface area contributed by atoms with E-state index in [4.69, 9.17) is 4.74 Å². The first-order chi connectivity index (χ1) is 13.4. The minimum absolute atomic E-state index is 0.0819. The van der Waals surface area contributed by atoms with E-state index >= 15 is 0 Å². The topological polar surface area (TPSA) is 66.5 Å². The summed E-state index contributed by atoms with van der Waals surface area (Å²) in [6.45, 7) is 4.70. The van der Waals surface area contributed by atoms with Gasteiger partial charge in [0.2, 0.25) is 0 Å². The van der Waals surface area contributed by atoms with Crippen LogP contribution in [0.3, 0.4) is 0 Å². The SMILES string of the molecule is O=C(Nc1cccc(C(F)(F)F)c1)c1ccnc(NCCN2CCOCC2)c1. The summed E-state index contributed by atoms with van der Waals surface area (Å²) in [5, 5.41) is 5.65. The molecule has 1 aromatic carbocycles. The van der Waals surface area contributed by atoms with Gasteiger partial charge < -0.3 is 15.4 Å². The molecular formula is C19H21F3N4O2. The molecule has 2 aromatic rings. The van der Waals surface area contributed by atoms with Gasteiger partial charge in [-0.15, -0.1) is 0 Å². The number of ether oxygens (including phenoxy) is 1. The molecule has 3 rings (SSSR count). The van der Waals surface area contributed by atoms with Gasteiger partial charge in [0.1, 0.15) is 5.82 Å². The first-order valence-corrected chi connectivity index (χ1v) is 8.90. The Labute approximate surface area is 160 Å². The molecule has 1 aromatic heterocycles. The van der Waals surface area contributed by atoms with Gasteiger partial charge >= 0.3 is 6.18 Å². The van der Waals surface area contributed by atoms with Crippen LogP contribution in [0, 0.1) is 0 Å². The zero-order valence-corrected chi connectivity index (χ0v) is 15.1. The van der Waals surface area contributed by atoms with Crippen molar-refractivity contribution in [3.63, 3.8) is 0 Å². The number of halogens is 3. The van der Waals surface area contributed by atoms with Crippen molar-refractivity contribution >= 4 is 17.4 Å². The summed E-state index contributed by atoms with van der Waals surface area (Å²) in [6, 6.07) is 7.61. The molecule has 1 fully saturated rings. The van der Waals surface area contributed by atoms with Gasteiger partial charge in [-0.05, 0) is 30.3 Å². The van der Waals surface area contributed by atoms with Gasteiger partial charge in [0.25, 0.3) is 5.91 Å². The van der Waals surface area contributed by atoms with Gasteiger partial charge in [0, 0.05) is 43.6 Å². The molecule has 2 N–H and O–H groups in total. The largest absolute Gasteiger partial charge is 0.416 e. The molecule has 0 bridgehead atoms. The van der Waals surface area contributed by atoms with E-state index in [1.54, 1.807) is 6.07 Å². The number of morpholine rings is 1. The average Bonchev–Trinajstić information content (AvgIpc) is 2.69. The number of benzene rings is 1. The zero-order chi connectivity index (χ0) is 20.0. The number of alkyl halides is 3. The molecule has 2 heterocycles. The minimum Gasteiger partial charge on any atom is -0.379 e. The molecule has 28 heavy (non-hydrogen) atoms. The first kappa shape index (κ1) is 20.1. The van der Waals surface area contributed by atoms with E-state index in [0.717, 1.165) is 45.0 Å². The molecule has 0 unspecified atom stereocenters. The molecule has 0 saturated carbocycles. The van der Waals surface area contributed by atoms with Crippen LogP contribution in [0.15, 0.2) is 42.6 Å². The quantitative estimate of drug-likeness (QED) is 0.788. The predicted molar refractivity (Wildman–Crippen MR) is 99.4 cm³/mol. The highest BCUT2D eigenvalue weighted by molar-refractivity contribution is 6.04. The van der Waals surface area contributed by atoms with Crippen LogP contribution < -0.4 is 10.6 Å². The van der Waals surface area contributed by atoms with Crippen molar-refractivity contribution < 1.29 is 22.7 Å². The van der Waals surface area contributed by atoms with Crippen LogP contribution >= 0.6 is 0 Å². The van der Waals surface area contributed by atoms with Crippen LogP contribution in [-0.4, -0.2) is 55.2 Å². The molecule has 0 radical (unpaired) electrons. The van der Waals surface area contributed by atoms with E-state index in [0.29, 0.717) is 17.9 Å². The molecule has 0 aliphatic carbocycles. The van der Waals surface area contributed by atoms with Crippen LogP contribution in [0.2, 0.25) is 0 Å². The van der Waals surface area contributed by atoms with Crippen molar-refractivity contribution in [2.75, 3.05) is 50.0 Å². The third-order valence-corrected chi connectivity index (χ3v) is 4.31. The number of rotatable bonds is 6. The van der Waals surface area contributed by atoms with Crippen LogP contribution in [0.5, 0.6) is 0 Å². The van der Waals surface area contributed by atoms with Crippen molar-refractivity contribution in [3.05, 3.63) is 53.7 Å². The maximum absolute atomic E-state index is 12.8. The van der Waals surface area contributed by atoms with Gasteiger partial charge in [-0.1, -0.05) is 6.07 Å². The highest BCUT2D eigenvalue weighted by Crippen LogP contribution is 2.30. The summed E-state index contributed by atoms with van der Waals surface area (Å²) >= 11 is 0. The minimum atomic E-state index is -4.46. The number of nitrogens with zero attached hydrogens (tertiary/aromatic N) is 2. The Morgan fingerprint density at radius 1 is 1.18 bits per heavy atom. The van der Waals surface area contributed by atoms with E-state index in [1.807, 2.05) is 0 Å². The van der Waals surface area contributed by atoms with Crippen molar-refractivity contribution in [2.24, 2.45) is 0 Å². The number of amides is 1. The van der Waals surface area contributed by atoms with Gasteiger partial charge in [0.05, 0.1) is 18.8 Å². The number of carbonyl (C=O) groups excluding carboxylic acids is 1. The summed E-state index contributed by atoms with van der Waals surface area (Å²) in [5.74, 6) is 0.0305. The zero-order valence-electron chi connectivity index (χ0n) is 15.1. The van der Waals surface area contributed by atoms with Crippen molar-refractivity contribution in [2.45, 2.75) is 6.18 Å². The van der Waals surface area contributed by atoms with E-state index in [9.17, 15) is 18.0 Å². The van der Waals surface area contributed by atoms with Crippen molar-refractivity contribution in [1.29, 1.82) is 0 Å². The number of hydrogen-bond acceptors (Lipinski definition) is 5. The molecule has 1 saturated heterocycles. The van der Waals surface area contributed by atoms with E-state index in [-0.39, 0.29) is 5.69 Å². The standard InChI is InChI=1S/C19H21F3N4O2/c20-19(21,22)15-2-1-3-16(13-15)25-18(27)14-4-5-23-17(12-14)24-6-7-26-8-10-28-11-9-26/h1-5,12-13H,6-11H2,(H,23,24)(H,25,27). The van der Waals surface area contributed by atoms with Crippen LogP contribution in [0.25, 0.3) is 0 Å². The summed E-state index contributed by atoms with van der Waals surface area (Å²) in [6.07, 6.45) is -2.98. The molecule has 0 spiro atoms. The smallest absolute Gasteiger partial charge is 0.379 e. The third kappa shape index (κ3) is 5.67. The molecule has 9 heteroatoms. The Bertz CT molecular complexity index is 808.